The summed E-state index contributed by atoms with van der Waals surface area (Å²) in [7, 11) is 0. The van der Waals surface area contributed by atoms with Crippen LogP contribution in [0.5, 0.6) is 0 Å². The first-order valence-electron chi connectivity index (χ1n) is 13.9. The Morgan fingerprint density at radius 3 is 1.54 bits per heavy atom. The molecule has 0 bridgehead atoms. The van der Waals surface area contributed by atoms with Crippen LogP contribution in [0.3, 0.4) is 0 Å². The Morgan fingerprint density at radius 1 is 0.629 bits per heavy atom. The van der Waals surface area contributed by atoms with Gasteiger partial charge in [-0.25, -0.2) is 0 Å². The van der Waals surface area contributed by atoms with Crippen LogP contribution in [0, 0.1) is 16.7 Å². The monoisotopic (exact) mass is 479 g/mol. The SMILES string of the molecule is CC(C)(C)CCc1cccc(CCC(C)(C)C)c1.CC(C)CCc1ccccc1CNC(C)(C)C. The molecule has 0 aromatic heterocycles. The van der Waals surface area contributed by atoms with Gasteiger partial charge < -0.3 is 5.32 Å². The minimum atomic E-state index is 0.186. The van der Waals surface area contributed by atoms with E-state index in [1.54, 1.807) is 0 Å². The van der Waals surface area contributed by atoms with Gasteiger partial charge in [-0.3, -0.25) is 0 Å². The fraction of sp³-hybridized carbons (Fsp3) is 0.647. The first kappa shape index (κ1) is 31.4. The van der Waals surface area contributed by atoms with Crippen molar-refractivity contribution in [2.45, 2.75) is 127 Å². The third-order valence-electron chi connectivity index (χ3n) is 6.24. The second-order valence-corrected chi connectivity index (χ2v) is 14.2. The molecule has 0 heterocycles. The fourth-order valence-electron chi connectivity index (χ4n) is 3.76. The van der Waals surface area contributed by atoms with E-state index < -0.39 is 0 Å². The van der Waals surface area contributed by atoms with Crippen LogP contribution in [-0.4, -0.2) is 5.54 Å². The van der Waals surface area contributed by atoms with Crippen LogP contribution < -0.4 is 5.32 Å². The second kappa shape index (κ2) is 14.2. The van der Waals surface area contributed by atoms with Crippen LogP contribution in [0.1, 0.15) is 118 Å². The van der Waals surface area contributed by atoms with Crippen LogP contribution in [0.2, 0.25) is 0 Å². The van der Waals surface area contributed by atoms with Gasteiger partial charge in [0.05, 0.1) is 0 Å². The molecule has 198 valence electrons. The average Bonchev–Trinajstić information content (AvgIpc) is 2.73. The Labute approximate surface area is 219 Å². The highest BCUT2D eigenvalue weighted by molar-refractivity contribution is 5.27. The van der Waals surface area contributed by atoms with Crippen LogP contribution in [0.15, 0.2) is 48.5 Å². The van der Waals surface area contributed by atoms with Crippen LogP contribution >= 0.6 is 0 Å². The molecule has 0 radical (unpaired) electrons. The Kier molecular flexibility index (Phi) is 12.8. The van der Waals surface area contributed by atoms with Crippen molar-refractivity contribution in [1.29, 1.82) is 0 Å². The second-order valence-electron chi connectivity index (χ2n) is 14.2. The lowest BCUT2D eigenvalue weighted by Crippen LogP contribution is -2.35. The van der Waals surface area contributed by atoms with Gasteiger partial charge in [-0.1, -0.05) is 104 Å². The summed E-state index contributed by atoms with van der Waals surface area (Å²) in [6.45, 7) is 26.1. The maximum Gasteiger partial charge on any atom is 0.0213 e. The molecule has 0 unspecified atom stereocenters. The molecule has 0 saturated carbocycles. The Morgan fingerprint density at radius 2 is 1.11 bits per heavy atom. The summed E-state index contributed by atoms with van der Waals surface area (Å²) < 4.78 is 0. The molecule has 0 atom stereocenters. The highest BCUT2D eigenvalue weighted by atomic mass is 14.9. The summed E-state index contributed by atoms with van der Waals surface area (Å²) in [6.07, 6.45) is 7.39. The molecule has 2 aromatic carbocycles. The minimum Gasteiger partial charge on any atom is -0.308 e. The van der Waals surface area contributed by atoms with Gasteiger partial charge in [0.25, 0.3) is 0 Å². The number of hydrogen-bond acceptors (Lipinski definition) is 1. The number of hydrogen-bond donors (Lipinski definition) is 1. The summed E-state index contributed by atoms with van der Waals surface area (Å²) in [4.78, 5) is 0. The number of rotatable bonds is 9. The molecule has 0 aliphatic carbocycles. The average molecular weight is 480 g/mol. The van der Waals surface area contributed by atoms with Crippen LogP contribution in [0.25, 0.3) is 0 Å². The quantitative estimate of drug-likeness (QED) is 0.377. The number of benzene rings is 2. The number of nitrogens with one attached hydrogen (secondary N) is 1. The Bertz CT molecular complexity index is 807. The predicted molar refractivity (Wildman–Crippen MR) is 158 cm³/mol. The third-order valence-corrected chi connectivity index (χ3v) is 6.24. The Hall–Kier alpha value is -1.60. The zero-order valence-electron chi connectivity index (χ0n) is 25.1. The lowest BCUT2D eigenvalue weighted by Gasteiger charge is -2.22. The van der Waals surface area contributed by atoms with E-state index >= 15 is 0 Å². The van der Waals surface area contributed by atoms with Crippen molar-refractivity contribution in [1.82, 2.24) is 5.32 Å². The molecule has 0 amide bonds. The molecule has 1 N–H and O–H groups in total. The van der Waals surface area contributed by atoms with Crippen molar-refractivity contribution in [3.8, 4) is 0 Å². The summed E-state index contributed by atoms with van der Waals surface area (Å²) >= 11 is 0. The molecule has 0 fully saturated rings. The van der Waals surface area contributed by atoms with Crippen molar-refractivity contribution < 1.29 is 0 Å². The lowest BCUT2D eigenvalue weighted by molar-refractivity contribution is 0.376. The summed E-state index contributed by atoms with van der Waals surface area (Å²) in [5.41, 5.74) is 6.99. The molecule has 0 aliphatic rings. The largest absolute Gasteiger partial charge is 0.308 e. The lowest BCUT2D eigenvalue weighted by atomic mass is 9.87. The molecule has 35 heavy (non-hydrogen) atoms. The van der Waals surface area contributed by atoms with Gasteiger partial charge in [-0.05, 0) is 98.3 Å². The van der Waals surface area contributed by atoms with Gasteiger partial charge in [-0.2, -0.15) is 0 Å². The maximum absolute atomic E-state index is 3.57. The van der Waals surface area contributed by atoms with E-state index in [4.69, 9.17) is 0 Å². The highest BCUT2D eigenvalue weighted by Gasteiger charge is 2.12. The maximum atomic E-state index is 3.57. The summed E-state index contributed by atoms with van der Waals surface area (Å²) in [5, 5.41) is 3.57. The van der Waals surface area contributed by atoms with Gasteiger partial charge >= 0.3 is 0 Å². The van der Waals surface area contributed by atoms with Gasteiger partial charge in [0, 0.05) is 12.1 Å². The van der Waals surface area contributed by atoms with E-state index in [0.29, 0.717) is 10.8 Å². The van der Waals surface area contributed by atoms with E-state index in [1.807, 2.05) is 0 Å². The summed E-state index contributed by atoms with van der Waals surface area (Å²) in [6, 6.07) is 18.0. The van der Waals surface area contributed by atoms with E-state index in [-0.39, 0.29) is 5.54 Å². The van der Waals surface area contributed by atoms with Crippen molar-refractivity contribution in [2.24, 2.45) is 16.7 Å². The molecule has 1 heteroatoms. The van der Waals surface area contributed by atoms with E-state index in [2.05, 4.69) is 130 Å². The summed E-state index contributed by atoms with van der Waals surface area (Å²) in [5.74, 6) is 0.777. The molecule has 2 aromatic rings. The first-order chi connectivity index (χ1) is 16.0. The van der Waals surface area contributed by atoms with E-state index in [1.165, 1.54) is 60.8 Å². The fourth-order valence-corrected chi connectivity index (χ4v) is 3.76. The minimum absolute atomic E-state index is 0.186. The van der Waals surface area contributed by atoms with Crippen molar-refractivity contribution in [3.05, 3.63) is 70.8 Å². The van der Waals surface area contributed by atoms with Gasteiger partial charge in [0.1, 0.15) is 0 Å². The van der Waals surface area contributed by atoms with Crippen LogP contribution in [-0.2, 0) is 25.8 Å². The first-order valence-corrected chi connectivity index (χ1v) is 13.9. The molecular formula is C34H57N. The Balaban J connectivity index is 0.000000351. The topological polar surface area (TPSA) is 12.0 Å². The van der Waals surface area contributed by atoms with Gasteiger partial charge in [0.15, 0.2) is 0 Å². The van der Waals surface area contributed by atoms with Crippen molar-refractivity contribution in [2.75, 3.05) is 0 Å². The van der Waals surface area contributed by atoms with Crippen LogP contribution in [0.4, 0.5) is 0 Å². The van der Waals surface area contributed by atoms with E-state index in [9.17, 15) is 0 Å². The highest BCUT2D eigenvalue weighted by Crippen LogP contribution is 2.24. The third kappa shape index (κ3) is 16.7. The zero-order chi connectivity index (χ0) is 26.7. The predicted octanol–water partition coefficient (Wildman–Crippen LogP) is 9.81. The standard InChI is InChI=1S/C18H30.C16H27N/c1-17(2,3)12-10-15-8-7-9-16(14-15)11-13-18(4,5)6;1-13(2)10-11-14-8-6-7-9-15(14)12-17-16(3,4)5/h7-9,14H,10-13H2,1-6H3;6-9,13,17H,10-12H2,1-5H3. The van der Waals surface area contributed by atoms with Crippen molar-refractivity contribution >= 4 is 0 Å². The van der Waals surface area contributed by atoms with Gasteiger partial charge in [-0.15, -0.1) is 0 Å². The molecule has 0 spiro atoms. The van der Waals surface area contributed by atoms with Crippen molar-refractivity contribution in [3.63, 3.8) is 0 Å². The zero-order valence-corrected chi connectivity index (χ0v) is 25.1. The normalized spacial score (nSPS) is 12.5. The molecule has 2 rings (SSSR count). The number of aryl methyl sites for hydroxylation is 3. The molecule has 1 nitrogen and oxygen atoms in total. The molecule has 0 saturated heterocycles. The molecule has 0 aliphatic heterocycles. The van der Waals surface area contributed by atoms with Gasteiger partial charge in [0.2, 0.25) is 0 Å². The molecular weight excluding hydrogens is 422 g/mol. The van der Waals surface area contributed by atoms with E-state index in [0.717, 1.165) is 12.5 Å². The smallest absolute Gasteiger partial charge is 0.0213 e.